The van der Waals surface area contributed by atoms with Gasteiger partial charge in [0, 0.05) is 65.7 Å². The fourth-order valence-corrected chi connectivity index (χ4v) is 6.80. The Kier molecular flexibility index (Phi) is 9.61. The van der Waals surface area contributed by atoms with Gasteiger partial charge in [0.2, 0.25) is 10.0 Å². The van der Waals surface area contributed by atoms with Gasteiger partial charge in [0.1, 0.15) is 5.82 Å². The summed E-state index contributed by atoms with van der Waals surface area (Å²) in [7, 11) is -3.83. The van der Waals surface area contributed by atoms with Gasteiger partial charge in [0.05, 0.1) is 23.2 Å². The van der Waals surface area contributed by atoms with Gasteiger partial charge in [-0.15, -0.1) is 0 Å². The third kappa shape index (κ3) is 8.08. The van der Waals surface area contributed by atoms with Crippen LogP contribution in [0, 0.1) is 11.7 Å². The summed E-state index contributed by atoms with van der Waals surface area (Å²) >= 11 is 12.2. The van der Waals surface area contributed by atoms with Crippen molar-refractivity contribution in [2.45, 2.75) is 18.9 Å². The molecule has 12 heteroatoms. The van der Waals surface area contributed by atoms with Crippen LogP contribution in [-0.4, -0.2) is 54.6 Å². The van der Waals surface area contributed by atoms with Crippen molar-refractivity contribution in [2.75, 3.05) is 30.1 Å². The molecule has 0 spiro atoms. The van der Waals surface area contributed by atoms with E-state index in [2.05, 4.69) is 24.9 Å². The first kappa shape index (κ1) is 30.9. The molecule has 0 radical (unpaired) electrons. The Hall–Kier alpha value is -3.57. The molecular formula is C31H30Cl2FN5O3S. The Bertz CT molecular complexity index is 1620. The SMILES string of the molecule is CC(CNC(=O)c1cc(F)cc(NS(=O)(=O)CC2CN(C(c3ccc(Cl)cc3)c3ccc(Cl)cc3)C2)c1)c1cnccn1. The molecule has 0 saturated carbocycles. The molecule has 1 saturated heterocycles. The van der Waals surface area contributed by atoms with E-state index in [1.54, 1.807) is 18.6 Å². The molecule has 1 fully saturated rings. The lowest BCUT2D eigenvalue weighted by Crippen LogP contribution is -2.51. The highest BCUT2D eigenvalue weighted by Crippen LogP contribution is 2.36. The molecule has 1 aliphatic rings. The average Bonchev–Trinajstić information content (AvgIpc) is 2.96. The molecule has 3 aromatic carbocycles. The van der Waals surface area contributed by atoms with Crippen LogP contribution >= 0.6 is 23.2 Å². The van der Waals surface area contributed by atoms with Crippen LogP contribution in [0.15, 0.2) is 85.3 Å². The van der Waals surface area contributed by atoms with Gasteiger partial charge in [-0.2, -0.15) is 0 Å². The van der Waals surface area contributed by atoms with E-state index < -0.39 is 21.7 Å². The maximum absolute atomic E-state index is 14.4. The van der Waals surface area contributed by atoms with Crippen molar-refractivity contribution in [3.05, 3.63) is 124 Å². The molecule has 2 N–H and O–H groups in total. The number of likely N-dealkylation sites (tertiary alicyclic amines) is 1. The van der Waals surface area contributed by atoms with Crippen molar-refractivity contribution >= 4 is 44.8 Å². The lowest BCUT2D eigenvalue weighted by Gasteiger charge is -2.44. The van der Waals surface area contributed by atoms with E-state index in [0.29, 0.717) is 28.8 Å². The summed E-state index contributed by atoms with van der Waals surface area (Å²) in [5, 5.41) is 4.01. The molecule has 2 heterocycles. The summed E-state index contributed by atoms with van der Waals surface area (Å²) in [6, 6.07) is 18.5. The average molecular weight is 643 g/mol. The van der Waals surface area contributed by atoms with Crippen LogP contribution in [-0.2, 0) is 10.0 Å². The van der Waals surface area contributed by atoms with Gasteiger partial charge in [0.15, 0.2) is 0 Å². The monoisotopic (exact) mass is 641 g/mol. The summed E-state index contributed by atoms with van der Waals surface area (Å²) in [5.41, 5.74) is 2.76. The van der Waals surface area contributed by atoms with Crippen molar-refractivity contribution in [3.63, 3.8) is 0 Å². The second kappa shape index (κ2) is 13.4. The first-order chi connectivity index (χ1) is 20.6. The Labute approximate surface area is 260 Å². The molecule has 1 unspecified atom stereocenters. The van der Waals surface area contributed by atoms with Crippen molar-refractivity contribution in [1.29, 1.82) is 0 Å². The number of aromatic nitrogens is 2. The zero-order valence-corrected chi connectivity index (χ0v) is 25.6. The molecule has 1 aromatic heterocycles. The summed E-state index contributed by atoms with van der Waals surface area (Å²) in [6.45, 7) is 3.21. The van der Waals surface area contributed by atoms with Crippen LogP contribution in [0.4, 0.5) is 10.1 Å². The fraction of sp³-hybridized carbons (Fsp3) is 0.258. The standard InChI is InChI=1S/C31H30Cl2FN5O3S/c1-20(29-16-35-10-11-36-29)15-37-31(40)24-12-27(34)14-28(13-24)38-43(41,42)19-21-17-39(18-21)30(22-2-6-25(32)7-3-22)23-4-8-26(33)9-5-23/h2-14,16,20-21,30,38H,15,17-19H2,1H3,(H,37,40). The molecule has 0 bridgehead atoms. The highest BCUT2D eigenvalue weighted by atomic mass is 35.5. The van der Waals surface area contributed by atoms with Crippen molar-refractivity contribution in [3.8, 4) is 0 Å². The number of anilines is 1. The summed E-state index contributed by atoms with van der Waals surface area (Å²) < 4.78 is 43.0. The minimum atomic E-state index is -3.83. The maximum atomic E-state index is 14.4. The minimum Gasteiger partial charge on any atom is -0.351 e. The topological polar surface area (TPSA) is 104 Å². The van der Waals surface area contributed by atoms with E-state index >= 15 is 0 Å². The molecule has 8 nitrogen and oxygen atoms in total. The predicted octanol–water partition coefficient (Wildman–Crippen LogP) is 5.92. The van der Waals surface area contributed by atoms with Gasteiger partial charge in [-0.1, -0.05) is 54.4 Å². The summed E-state index contributed by atoms with van der Waals surface area (Å²) in [5.74, 6) is -1.66. The normalized spacial score (nSPS) is 14.7. The van der Waals surface area contributed by atoms with Crippen LogP contribution in [0.3, 0.4) is 0 Å². The van der Waals surface area contributed by atoms with Crippen LogP contribution in [0.5, 0.6) is 0 Å². The van der Waals surface area contributed by atoms with E-state index in [9.17, 15) is 17.6 Å². The van der Waals surface area contributed by atoms with Crippen molar-refractivity contribution < 1.29 is 17.6 Å². The van der Waals surface area contributed by atoms with Crippen LogP contribution in [0.25, 0.3) is 0 Å². The molecule has 1 aliphatic heterocycles. The summed E-state index contributed by atoms with van der Waals surface area (Å²) in [6.07, 6.45) is 4.74. The third-order valence-electron chi connectivity index (χ3n) is 7.27. The van der Waals surface area contributed by atoms with E-state index in [-0.39, 0.29) is 41.4 Å². The zero-order chi connectivity index (χ0) is 30.6. The summed E-state index contributed by atoms with van der Waals surface area (Å²) in [4.78, 5) is 23.2. The fourth-order valence-electron chi connectivity index (χ4n) is 5.16. The lowest BCUT2D eigenvalue weighted by molar-refractivity contribution is 0.0813. The number of amides is 1. The molecule has 5 rings (SSSR count). The van der Waals surface area contributed by atoms with E-state index in [1.807, 2.05) is 55.5 Å². The highest BCUT2D eigenvalue weighted by Gasteiger charge is 2.36. The molecule has 4 aromatic rings. The molecule has 1 amide bonds. The molecule has 224 valence electrons. The van der Waals surface area contributed by atoms with Crippen molar-refractivity contribution in [2.24, 2.45) is 5.92 Å². The van der Waals surface area contributed by atoms with E-state index in [0.717, 1.165) is 23.3 Å². The number of carbonyl (C=O) groups excluding carboxylic acids is 1. The smallest absolute Gasteiger partial charge is 0.251 e. The maximum Gasteiger partial charge on any atom is 0.251 e. The van der Waals surface area contributed by atoms with Crippen LogP contribution < -0.4 is 10.0 Å². The van der Waals surface area contributed by atoms with Gasteiger partial charge in [-0.25, -0.2) is 12.8 Å². The van der Waals surface area contributed by atoms with Gasteiger partial charge in [-0.3, -0.25) is 24.4 Å². The number of hydrogen-bond acceptors (Lipinski definition) is 6. The van der Waals surface area contributed by atoms with Crippen LogP contribution in [0.1, 0.15) is 46.1 Å². The van der Waals surface area contributed by atoms with Gasteiger partial charge in [0.25, 0.3) is 5.91 Å². The second-order valence-electron chi connectivity index (χ2n) is 10.7. The molecule has 1 atom stereocenters. The number of nitrogens with one attached hydrogen (secondary N) is 2. The number of sulfonamides is 1. The highest BCUT2D eigenvalue weighted by molar-refractivity contribution is 7.92. The third-order valence-corrected chi connectivity index (χ3v) is 9.23. The van der Waals surface area contributed by atoms with Crippen molar-refractivity contribution in [1.82, 2.24) is 20.2 Å². The quantitative estimate of drug-likeness (QED) is 0.211. The number of benzene rings is 3. The number of rotatable bonds is 11. The molecule has 43 heavy (non-hydrogen) atoms. The Morgan fingerprint density at radius 2 is 1.63 bits per heavy atom. The first-order valence-corrected chi connectivity index (χ1v) is 16.1. The van der Waals surface area contributed by atoms with Gasteiger partial charge >= 0.3 is 0 Å². The number of carbonyl (C=O) groups is 1. The first-order valence-electron chi connectivity index (χ1n) is 13.7. The Morgan fingerprint density at radius 3 is 2.21 bits per heavy atom. The number of hydrogen-bond donors (Lipinski definition) is 2. The van der Waals surface area contributed by atoms with Gasteiger partial charge < -0.3 is 5.32 Å². The number of nitrogens with zero attached hydrogens (tertiary/aromatic N) is 3. The van der Waals surface area contributed by atoms with E-state index in [4.69, 9.17) is 23.2 Å². The van der Waals surface area contributed by atoms with Gasteiger partial charge in [-0.05, 0) is 53.6 Å². The zero-order valence-electron chi connectivity index (χ0n) is 23.3. The Morgan fingerprint density at radius 1 is 1.00 bits per heavy atom. The largest absolute Gasteiger partial charge is 0.351 e. The molecular weight excluding hydrogens is 612 g/mol. The lowest BCUT2D eigenvalue weighted by atomic mass is 9.91. The van der Waals surface area contributed by atoms with Crippen LogP contribution in [0.2, 0.25) is 10.0 Å². The second-order valence-corrected chi connectivity index (χ2v) is 13.3. The predicted molar refractivity (Wildman–Crippen MR) is 166 cm³/mol. The molecule has 0 aliphatic carbocycles. The van der Waals surface area contributed by atoms with E-state index in [1.165, 1.54) is 6.07 Å². The Balaban J connectivity index is 1.21. The number of halogens is 3. The minimum absolute atomic E-state index is 0.00707.